The van der Waals surface area contributed by atoms with Gasteiger partial charge < -0.3 is 20.2 Å². The fraction of sp³-hybridized carbons (Fsp3) is 0.348. The lowest BCUT2D eigenvalue weighted by atomic mass is 10.0. The fourth-order valence-corrected chi connectivity index (χ4v) is 4.55. The van der Waals surface area contributed by atoms with Gasteiger partial charge in [-0.1, -0.05) is 11.6 Å². The van der Waals surface area contributed by atoms with Crippen molar-refractivity contribution in [3.8, 4) is 5.75 Å². The molecule has 3 aromatic rings. The molecule has 10 nitrogen and oxygen atoms in total. The first-order chi connectivity index (χ1) is 16.5. The smallest absolute Gasteiger partial charge is 0.261 e. The number of hydrogen-bond donors (Lipinski definition) is 3. The van der Waals surface area contributed by atoms with Crippen molar-refractivity contribution in [3.63, 3.8) is 0 Å². The van der Waals surface area contributed by atoms with Gasteiger partial charge in [0.05, 0.1) is 31.1 Å². The Morgan fingerprint density at radius 1 is 1.38 bits per heavy atom. The molecule has 2 unspecified atom stereocenters. The molecular formula is C23H26ClN7O3. The summed E-state index contributed by atoms with van der Waals surface area (Å²) in [5, 5.41) is 19.6. The Morgan fingerprint density at radius 3 is 3.06 bits per heavy atom. The molecule has 178 valence electrons. The van der Waals surface area contributed by atoms with Crippen molar-refractivity contribution < 1.29 is 14.6 Å². The number of hydrogen-bond acceptors (Lipinski definition) is 8. The first-order valence-corrected chi connectivity index (χ1v) is 11.5. The quantitative estimate of drug-likeness (QED) is 0.465. The van der Waals surface area contributed by atoms with Crippen LogP contribution in [0.25, 0.3) is 5.65 Å². The molecule has 0 aliphatic carbocycles. The van der Waals surface area contributed by atoms with E-state index in [9.17, 15) is 9.90 Å². The minimum atomic E-state index is -0.378. The topological polar surface area (TPSA) is 107 Å². The van der Waals surface area contributed by atoms with Gasteiger partial charge in [0.2, 0.25) is 0 Å². The highest BCUT2D eigenvalue weighted by molar-refractivity contribution is 6.30. The number of fused-ring (bicyclic) bond motifs is 1. The predicted octanol–water partition coefficient (Wildman–Crippen LogP) is 1.59. The number of aromatic nitrogens is 3. The van der Waals surface area contributed by atoms with E-state index in [-0.39, 0.29) is 18.1 Å². The van der Waals surface area contributed by atoms with E-state index in [1.54, 1.807) is 36.2 Å². The molecule has 1 aromatic carbocycles. The average Bonchev–Trinajstić information content (AvgIpc) is 3.56. The van der Waals surface area contributed by atoms with Crippen molar-refractivity contribution in [2.45, 2.75) is 18.6 Å². The van der Waals surface area contributed by atoms with E-state index in [0.29, 0.717) is 40.8 Å². The zero-order valence-corrected chi connectivity index (χ0v) is 19.4. The number of β-amino-alcohol motifs (C(OH)–C–C–N with tert-alkyl or cyclic N) is 1. The van der Waals surface area contributed by atoms with Crippen LogP contribution in [0.1, 0.15) is 28.4 Å². The van der Waals surface area contributed by atoms with Crippen LogP contribution in [-0.4, -0.2) is 74.9 Å². The first-order valence-electron chi connectivity index (χ1n) is 11.1. The molecule has 3 N–H and O–H groups in total. The number of nitrogens with zero attached hydrogens (tertiary/aromatic N) is 5. The van der Waals surface area contributed by atoms with Gasteiger partial charge in [-0.05, 0) is 30.7 Å². The zero-order chi connectivity index (χ0) is 23.7. The van der Waals surface area contributed by atoms with Gasteiger partial charge in [-0.3, -0.25) is 9.69 Å². The number of methoxy groups -OCH3 is 1. The Morgan fingerprint density at radius 2 is 2.26 bits per heavy atom. The second-order valence-electron chi connectivity index (χ2n) is 8.37. The van der Waals surface area contributed by atoms with Crippen molar-refractivity contribution >= 4 is 23.2 Å². The van der Waals surface area contributed by atoms with Crippen LogP contribution in [0.4, 0.5) is 0 Å². The summed E-state index contributed by atoms with van der Waals surface area (Å²) in [6.07, 6.45) is 7.29. The number of amides is 1. The molecule has 2 aromatic heterocycles. The summed E-state index contributed by atoms with van der Waals surface area (Å²) < 4.78 is 7.13. The second-order valence-corrected chi connectivity index (χ2v) is 8.81. The third-order valence-corrected chi connectivity index (χ3v) is 6.33. The minimum absolute atomic E-state index is 0.264. The monoisotopic (exact) mass is 483 g/mol. The summed E-state index contributed by atoms with van der Waals surface area (Å²) >= 11 is 6.30. The number of carbonyl (C=O) groups excluding carboxylic acids is 1. The normalized spacial score (nSPS) is 20.7. The molecule has 0 radical (unpaired) electrons. The highest BCUT2D eigenvalue weighted by Gasteiger charge is 2.31. The highest BCUT2D eigenvalue weighted by atomic mass is 35.5. The fourth-order valence-electron chi connectivity index (χ4n) is 4.37. The first kappa shape index (κ1) is 22.6. The molecule has 2 atom stereocenters. The maximum atomic E-state index is 13.2. The van der Waals surface area contributed by atoms with Gasteiger partial charge >= 0.3 is 0 Å². The van der Waals surface area contributed by atoms with Crippen molar-refractivity contribution in [2.24, 2.45) is 0 Å². The highest BCUT2D eigenvalue weighted by Crippen LogP contribution is 2.34. The summed E-state index contributed by atoms with van der Waals surface area (Å²) in [4.78, 5) is 19.7. The lowest BCUT2D eigenvalue weighted by Crippen LogP contribution is -2.38. The largest absolute Gasteiger partial charge is 0.496 e. The van der Waals surface area contributed by atoms with Gasteiger partial charge in [0, 0.05) is 55.4 Å². The molecule has 1 fully saturated rings. The number of ether oxygens (including phenoxy) is 1. The van der Waals surface area contributed by atoms with Crippen LogP contribution in [0.5, 0.6) is 5.75 Å². The van der Waals surface area contributed by atoms with E-state index in [0.717, 1.165) is 25.1 Å². The van der Waals surface area contributed by atoms with Gasteiger partial charge in [-0.25, -0.2) is 14.9 Å². The molecule has 34 heavy (non-hydrogen) atoms. The van der Waals surface area contributed by atoms with Crippen LogP contribution in [0, 0.1) is 0 Å². The van der Waals surface area contributed by atoms with Crippen LogP contribution in [0.15, 0.2) is 54.8 Å². The number of aliphatic hydroxyl groups excluding tert-OH is 1. The minimum Gasteiger partial charge on any atom is -0.496 e. The Kier molecular flexibility index (Phi) is 6.38. The predicted molar refractivity (Wildman–Crippen MR) is 126 cm³/mol. The number of nitrogens with one attached hydrogen (secondary N) is 2. The Hall–Kier alpha value is -3.18. The average molecular weight is 484 g/mol. The van der Waals surface area contributed by atoms with E-state index in [4.69, 9.17) is 16.3 Å². The number of likely N-dealkylation sites (tertiary alicyclic amines) is 1. The number of aliphatic hydroxyl groups is 1. The number of benzene rings is 1. The van der Waals surface area contributed by atoms with E-state index in [1.807, 2.05) is 23.3 Å². The van der Waals surface area contributed by atoms with Gasteiger partial charge in [-0.2, -0.15) is 5.10 Å². The number of halogens is 1. The van der Waals surface area contributed by atoms with Crippen LogP contribution < -0.4 is 15.5 Å². The van der Waals surface area contributed by atoms with Gasteiger partial charge in [-0.15, -0.1) is 0 Å². The Bertz CT molecular complexity index is 1230. The molecule has 0 bridgehead atoms. The van der Waals surface area contributed by atoms with E-state index >= 15 is 0 Å². The molecule has 11 heteroatoms. The number of rotatable bonds is 7. The van der Waals surface area contributed by atoms with Crippen LogP contribution >= 0.6 is 11.6 Å². The third kappa shape index (κ3) is 4.58. The summed E-state index contributed by atoms with van der Waals surface area (Å²) in [7, 11) is 1.60. The van der Waals surface area contributed by atoms with Crippen LogP contribution in [0.3, 0.4) is 0 Å². The molecule has 2 aliphatic rings. The van der Waals surface area contributed by atoms with E-state index < -0.39 is 0 Å². The lowest BCUT2D eigenvalue weighted by molar-refractivity contribution is 0.0964. The zero-order valence-electron chi connectivity index (χ0n) is 18.7. The third-order valence-electron chi connectivity index (χ3n) is 6.09. The maximum Gasteiger partial charge on any atom is 0.261 e. The number of carbonyl (C=O) groups is 1. The van der Waals surface area contributed by atoms with Crippen LogP contribution in [-0.2, 0) is 0 Å². The van der Waals surface area contributed by atoms with Crippen molar-refractivity contribution in [1.29, 1.82) is 0 Å². The molecule has 5 rings (SSSR count). The van der Waals surface area contributed by atoms with Crippen molar-refractivity contribution in [1.82, 2.24) is 35.2 Å². The SMILES string of the molecule is COc1ccc(Cl)cc1C1NN(CCN2CCC(O)C2)C=C1NC(=O)c1cnn2cccnc12. The summed E-state index contributed by atoms with van der Waals surface area (Å²) in [5.74, 6) is 0.349. The molecule has 2 aliphatic heterocycles. The van der Waals surface area contributed by atoms with Crippen molar-refractivity contribution in [3.05, 3.63) is 70.9 Å². The summed E-state index contributed by atoms with van der Waals surface area (Å²) in [5.41, 5.74) is 5.76. The maximum absolute atomic E-state index is 13.2. The lowest BCUT2D eigenvalue weighted by Gasteiger charge is -2.24. The molecule has 0 spiro atoms. The molecular weight excluding hydrogens is 458 g/mol. The molecule has 1 saturated heterocycles. The molecule has 1 amide bonds. The second kappa shape index (κ2) is 9.59. The van der Waals surface area contributed by atoms with Gasteiger partial charge in [0.15, 0.2) is 5.65 Å². The Balaban J connectivity index is 1.40. The summed E-state index contributed by atoms with van der Waals surface area (Å²) in [6, 6.07) is 6.78. The molecule has 0 saturated carbocycles. The van der Waals surface area contributed by atoms with Crippen molar-refractivity contribution in [2.75, 3.05) is 33.3 Å². The van der Waals surface area contributed by atoms with E-state index in [2.05, 4.69) is 25.7 Å². The molecule has 4 heterocycles. The Labute approximate surface area is 201 Å². The summed E-state index contributed by atoms with van der Waals surface area (Å²) in [6.45, 7) is 2.99. The standard InChI is InChI=1S/C23H26ClN7O3/c1-34-20-4-3-15(24)11-17(20)21-19(14-30(28-21)10-9-29-8-5-16(32)13-29)27-23(33)18-12-26-31-7-2-6-25-22(18)31/h2-4,6-7,11-12,14,16,21,28,32H,5,8-10,13H2,1H3,(H,27,33). The number of hydrazine groups is 1. The van der Waals surface area contributed by atoms with Crippen LogP contribution in [0.2, 0.25) is 5.02 Å². The van der Waals surface area contributed by atoms with E-state index in [1.165, 1.54) is 6.20 Å². The van der Waals surface area contributed by atoms with Gasteiger partial charge in [0.25, 0.3) is 5.91 Å². The van der Waals surface area contributed by atoms with Gasteiger partial charge in [0.1, 0.15) is 11.3 Å².